The summed E-state index contributed by atoms with van der Waals surface area (Å²) in [4.78, 5) is 34.2. The van der Waals surface area contributed by atoms with Gasteiger partial charge in [0.15, 0.2) is 5.78 Å². The van der Waals surface area contributed by atoms with Crippen molar-refractivity contribution in [3.8, 4) is 0 Å². The highest BCUT2D eigenvalue weighted by atomic mass is 32.2. The number of Topliss-reactive ketones (excluding diaryl/α,β-unsaturated/α-hetero) is 1. The van der Waals surface area contributed by atoms with Crippen LogP contribution >= 0.6 is 0 Å². The first-order valence-corrected chi connectivity index (χ1v) is 9.42. The summed E-state index contributed by atoms with van der Waals surface area (Å²) in [5.74, 6) is -4.14. The Morgan fingerprint density at radius 1 is 1.25 bits per heavy atom. The SMILES string of the molecule is COC(=O)c1c(CC(=O)[O-])cc2c(c1S(=O)(=O)C(F)(F)F)C(=O)CC(C)(C)C2. The van der Waals surface area contributed by atoms with E-state index in [0.717, 1.165) is 13.2 Å². The van der Waals surface area contributed by atoms with Crippen molar-refractivity contribution in [1.29, 1.82) is 0 Å². The maximum Gasteiger partial charge on any atom is 0.501 e. The Morgan fingerprint density at radius 2 is 1.82 bits per heavy atom. The zero-order chi connectivity index (χ0) is 21.7. The van der Waals surface area contributed by atoms with Gasteiger partial charge in [-0.05, 0) is 23.0 Å². The van der Waals surface area contributed by atoms with Crippen LogP contribution in [0.4, 0.5) is 13.2 Å². The number of carbonyl (C=O) groups excluding carboxylic acids is 3. The molecule has 0 saturated heterocycles. The van der Waals surface area contributed by atoms with Gasteiger partial charge in [0.2, 0.25) is 0 Å². The van der Waals surface area contributed by atoms with E-state index in [1.54, 1.807) is 13.8 Å². The molecule has 0 bridgehead atoms. The van der Waals surface area contributed by atoms with Gasteiger partial charge in [0.05, 0.1) is 12.7 Å². The third kappa shape index (κ3) is 3.75. The predicted octanol–water partition coefficient (Wildman–Crippen LogP) is 1.21. The van der Waals surface area contributed by atoms with Crippen molar-refractivity contribution in [3.05, 3.63) is 28.3 Å². The highest BCUT2D eigenvalue weighted by Crippen LogP contribution is 2.43. The molecule has 7 nitrogen and oxygen atoms in total. The van der Waals surface area contributed by atoms with E-state index in [1.165, 1.54) is 0 Å². The first-order chi connectivity index (χ1) is 12.6. The number of carboxylic acid groups (broad SMARTS) is 1. The van der Waals surface area contributed by atoms with Gasteiger partial charge in [0.25, 0.3) is 9.84 Å². The van der Waals surface area contributed by atoms with Gasteiger partial charge in [-0.1, -0.05) is 19.9 Å². The molecule has 0 aliphatic heterocycles. The third-order valence-electron chi connectivity index (χ3n) is 4.33. The second-order valence-electron chi connectivity index (χ2n) is 7.20. The zero-order valence-corrected chi connectivity index (χ0v) is 15.9. The molecular formula is C17H16F3O7S-. The Labute approximate surface area is 158 Å². The van der Waals surface area contributed by atoms with Crippen LogP contribution in [0.1, 0.15) is 52.1 Å². The molecule has 0 radical (unpaired) electrons. The number of carboxylic acids is 1. The summed E-state index contributed by atoms with van der Waals surface area (Å²) in [5, 5.41) is 11.0. The lowest BCUT2D eigenvalue weighted by Gasteiger charge is -2.32. The maximum atomic E-state index is 13.3. The molecule has 0 saturated carbocycles. The zero-order valence-electron chi connectivity index (χ0n) is 15.1. The van der Waals surface area contributed by atoms with E-state index in [1.807, 2.05) is 0 Å². The first-order valence-electron chi connectivity index (χ1n) is 7.94. The number of ketones is 1. The summed E-state index contributed by atoms with van der Waals surface area (Å²) in [6.07, 6.45) is -1.27. The molecule has 0 fully saturated rings. The smallest absolute Gasteiger partial charge is 0.501 e. The number of hydrogen-bond donors (Lipinski definition) is 0. The van der Waals surface area contributed by atoms with Crippen molar-refractivity contribution in [2.45, 2.75) is 43.5 Å². The Kier molecular flexibility index (Phi) is 5.37. The number of methoxy groups -OCH3 is 1. The number of halogens is 3. The minimum Gasteiger partial charge on any atom is -0.550 e. The van der Waals surface area contributed by atoms with Crippen molar-refractivity contribution < 1.29 is 45.8 Å². The Morgan fingerprint density at radius 3 is 2.29 bits per heavy atom. The van der Waals surface area contributed by atoms with Crippen molar-refractivity contribution >= 4 is 27.6 Å². The largest absolute Gasteiger partial charge is 0.550 e. The van der Waals surface area contributed by atoms with Crippen molar-refractivity contribution in [2.24, 2.45) is 5.41 Å². The molecule has 0 heterocycles. The summed E-state index contributed by atoms with van der Waals surface area (Å²) in [5.41, 5.74) is -8.99. The van der Waals surface area contributed by atoms with Crippen LogP contribution < -0.4 is 5.11 Å². The van der Waals surface area contributed by atoms with Crippen LogP contribution in [-0.4, -0.2) is 38.8 Å². The van der Waals surface area contributed by atoms with E-state index >= 15 is 0 Å². The van der Waals surface area contributed by atoms with E-state index < -0.39 is 66.5 Å². The normalized spacial score (nSPS) is 16.4. The number of esters is 1. The number of aliphatic carboxylic acids is 1. The second-order valence-corrected chi connectivity index (χ2v) is 9.08. The maximum absolute atomic E-state index is 13.3. The highest BCUT2D eigenvalue weighted by molar-refractivity contribution is 7.92. The van der Waals surface area contributed by atoms with Crippen LogP contribution in [0, 0.1) is 5.41 Å². The number of hydrogen-bond acceptors (Lipinski definition) is 7. The van der Waals surface area contributed by atoms with Gasteiger partial charge in [-0.15, -0.1) is 0 Å². The molecule has 0 spiro atoms. The molecule has 154 valence electrons. The fraction of sp³-hybridized carbons (Fsp3) is 0.471. The number of sulfone groups is 1. The van der Waals surface area contributed by atoms with Crippen LogP contribution in [0.3, 0.4) is 0 Å². The molecule has 2 rings (SSSR count). The standard InChI is InChI=1S/C17H17F3O7S/c1-16(2)6-9-4-8(5-11(22)23)13(15(24)27-3)14(12(9)10(21)7-16)28(25,26)17(18,19)20/h4H,5-7H2,1-3H3,(H,22,23)/p-1. The Hall–Kier alpha value is -2.43. The molecule has 28 heavy (non-hydrogen) atoms. The van der Waals surface area contributed by atoms with Gasteiger partial charge >= 0.3 is 11.5 Å². The minimum atomic E-state index is -6.17. The molecular weight excluding hydrogens is 405 g/mol. The number of carbonyl (C=O) groups is 3. The van der Waals surface area contributed by atoms with Crippen LogP contribution in [-0.2, 0) is 32.2 Å². The topological polar surface area (TPSA) is 118 Å². The van der Waals surface area contributed by atoms with Gasteiger partial charge in [0.1, 0.15) is 4.90 Å². The van der Waals surface area contributed by atoms with Crippen molar-refractivity contribution in [2.75, 3.05) is 7.11 Å². The molecule has 0 unspecified atom stereocenters. The van der Waals surface area contributed by atoms with Crippen LogP contribution in [0.2, 0.25) is 0 Å². The summed E-state index contributed by atoms with van der Waals surface area (Å²) in [6, 6.07) is 1.06. The van der Waals surface area contributed by atoms with Gasteiger partial charge in [0, 0.05) is 24.4 Å². The van der Waals surface area contributed by atoms with Gasteiger partial charge in [-0.2, -0.15) is 13.2 Å². The first kappa shape index (κ1) is 21.9. The molecule has 0 aromatic heterocycles. The van der Waals surface area contributed by atoms with Crippen LogP contribution in [0.25, 0.3) is 0 Å². The molecule has 1 aliphatic carbocycles. The summed E-state index contributed by atoms with van der Waals surface area (Å²) in [6.45, 7) is 3.30. The van der Waals surface area contributed by atoms with E-state index in [9.17, 15) is 41.1 Å². The fourth-order valence-electron chi connectivity index (χ4n) is 3.32. The quantitative estimate of drug-likeness (QED) is 0.671. The monoisotopic (exact) mass is 421 g/mol. The third-order valence-corrected chi connectivity index (χ3v) is 5.88. The lowest BCUT2D eigenvalue weighted by atomic mass is 9.72. The van der Waals surface area contributed by atoms with E-state index in [-0.39, 0.29) is 18.4 Å². The molecule has 1 aromatic carbocycles. The molecule has 11 heteroatoms. The molecule has 0 N–H and O–H groups in total. The molecule has 0 atom stereocenters. The summed E-state index contributed by atoms with van der Waals surface area (Å²) >= 11 is 0. The van der Waals surface area contributed by atoms with Gasteiger partial charge in [-0.3, -0.25) is 4.79 Å². The van der Waals surface area contributed by atoms with Crippen molar-refractivity contribution in [3.63, 3.8) is 0 Å². The second kappa shape index (κ2) is 6.87. The van der Waals surface area contributed by atoms with E-state index in [0.29, 0.717) is 0 Å². The Bertz CT molecular complexity index is 975. The van der Waals surface area contributed by atoms with Gasteiger partial charge in [-0.25, -0.2) is 13.2 Å². The van der Waals surface area contributed by atoms with Crippen molar-refractivity contribution in [1.82, 2.24) is 0 Å². The number of alkyl halides is 3. The number of benzene rings is 1. The lowest BCUT2D eigenvalue weighted by molar-refractivity contribution is -0.304. The van der Waals surface area contributed by atoms with Gasteiger partial charge < -0.3 is 14.6 Å². The minimum absolute atomic E-state index is 0.00987. The average Bonchev–Trinajstić information content (AvgIpc) is 2.49. The number of ether oxygens (including phenoxy) is 1. The number of rotatable bonds is 4. The Balaban J connectivity index is 3.07. The lowest BCUT2D eigenvalue weighted by Crippen LogP contribution is -2.34. The van der Waals surface area contributed by atoms with Crippen LogP contribution in [0.5, 0.6) is 0 Å². The average molecular weight is 421 g/mol. The summed E-state index contributed by atoms with van der Waals surface area (Å²) < 4.78 is 68.9. The molecule has 0 amide bonds. The number of fused-ring (bicyclic) bond motifs is 1. The predicted molar refractivity (Wildman–Crippen MR) is 86.2 cm³/mol. The fourth-order valence-corrected chi connectivity index (χ4v) is 4.55. The van der Waals surface area contributed by atoms with E-state index in [2.05, 4.69) is 4.74 Å². The highest BCUT2D eigenvalue weighted by Gasteiger charge is 2.52. The van der Waals surface area contributed by atoms with E-state index in [4.69, 9.17) is 0 Å². The molecule has 1 aliphatic rings. The summed E-state index contributed by atoms with van der Waals surface area (Å²) in [7, 11) is -5.38. The van der Waals surface area contributed by atoms with Crippen LogP contribution in [0.15, 0.2) is 11.0 Å². The molecule has 1 aromatic rings.